The molecular weight excluding hydrogens is 434 g/mol. The van der Waals surface area contributed by atoms with Gasteiger partial charge in [-0.15, -0.1) is 0 Å². The predicted molar refractivity (Wildman–Crippen MR) is 133 cm³/mol. The summed E-state index contributed by atoms with van der Waals surface area (Å²) in [7, 11) is 0. The smallest absolute Gasteiger partial charge is 0.230 e. The van der Waals surface area contributed by atoms with E-state index in [4.69, 9.17) is 0 Å². The molecule has 0 bridgehead atoms. The van der Waals surface area contributed by atoms with E-state index in [9.17, 15) is 9.59 Å². The minimum Gasteiger partial charge on any atom is -0.354 e. The molecule has 2 heterocycles. The van der Waals surface area contributed by atoms with Crippen molar-refractivity contribution in [2.45, 2.75) is 78.0 Å². The van der Waals surface area contributed by atoms with E-state index >= 15 is 0 Å². The zero-order valence-electron chi connectivity index (χ0n) is 20.4. The Balaban J connectivity index is 1.56. The lowest BCUT2D eigenvalue weighted by atomic mass is 9.75. The largest absolute Gasteiger partial charge is 0.354 e. The van der Waals surface area contributed by atoms with Crippen LogP contribution in [0.3, 0.4) is 0 Å². The van der Waals surface area contributed by atoms with E-state index in [0.29, 0.717) is 18.9 Å². The van der Waals surface area contributed by atoms with Gasteiger partial charge in [0.2, 0.25) is 11.8 Å². The topological polar surface area (TPSA) is 77.0 Å². The van der Waals surface area contributed by atoms with Crippen LogP contribution in [0.15, 0.2) is 29.4 Å². The first-order valence-electron chi connectivity index (χ1n) is 12.1. The molecule has 180 valence electrons. The van der Waals surface area contributed by atoms with E-state index in [0.717, 1.165) is 23.8 Å². The summed E-state index contributed by atoms with van der Waals surface area (Å²) >= 11 is 1.70. The number of rotatable bonds is 6. The first-order chi connectivity index (χ1) is 15.7. The number of amidine groups is 1. The molecule has 1 aromatic rings. The van der Waals surface area contributed by atoms with Gasteiger partial charge in [-0.2, -0.15) is 5.10 Å². The van der Waals surface area contributed by atoms with Crippen LogP contribution in [-0.2, 0) is 15.3 Å². The number of thioether (sulfide) groups is 1. The summed E-state index contributed by atoms with van der Waals surface area (Å²) in [6, 6.07) is 8.64. The van der Waals surface area contributed by atoms with Gasteiger partial charge in [0.25, 0.3) is 0 Å². The summed E-state index contributed by atoms with van der Waals surface area (Å²) in [5, 5.41) is 8.67. The standard InChI is InChI=1S/C25H37N5O2S/c1-15(2)13-29-23(32)20-10-9-19(22(31)26-16(3)4)12-21(20)30-24(29)27-28-25(30)33-14-18-8-6-7-17(5)11-18/h6-8,11,15-16,19-21,24,27H,9-10,12-14H2,1-5H3,(H,26,31). The Labute approximate surface area is 201 Å². The van der Waals surface area contributed by atoms with Gasteiger partial charge in [-0.25, -0.2) is 0 Å². The maximum atomic E-state index is 13.5. The molecule has 7 nitrogen and oxygen atoms in total. The van der Waals surface area contributed by atoms with Crippen LogP contribution in [0.1, 0.15) is 58.1 Å². The summed E-state index contributed by atoms with van der Waals surface area (Å²) in [6.07, 6.45) is 1.92. The van der Waals surface area contributed by atoms with Crippen LogP contribution < -0.4 is 10.7 Å². The molecule has 1 aromatic carbocycles. The molecule has 2 fully saturated rings. The van der Waals surface area contributed by atoms with Crippen molar-refractivity contribution in [1.29, 1.82) is 0 Å². The molecule has 0 spiro atoms. The molecule has 1 saturated carbocycles. The van der Waals surface area contributed by atoms with Crippen LogP contribution >= 0.6 is 11.8 Å². The lowest BCUT2D eigenvalue weighted by molar-refractivity contribution is -0.158. The number of benzene rings is 1. The van der Waals surface area contributed by atoms with Crippen molar-refractivity contribution in [1.82, 2.24) is 20.5 Å². The second kappa shape index (κ2) is 9.95. The lowest BCUT2D eigenvalue weighted by Crippen LogP contribution is -2.68. The molecule has 1 saturated heterocycles. The van der Waals surface area contributed by atoms with E-state index in [1.54, 1.807) is 11.8 Å². The number of hydrazone groups is 1. The van der Waals surface area contributed by atoms with E-state index < -0.39 is 0 Å². The van der Waals surface area contributed by atoms with Gasteiger partial charge in [0.1, 0.15) is 0 Å². The Morgan fingerprint density at radius 1 is 1.27 bits per heavy atom. The zero-order valence-corrected chi connectivity index (χ0v) is 21.2. The first kappa shape index (κ1) is 23.9. The highest BCUT2D eigenvalue weighted by atomic mass is 32.2. The quantitative estimate of drug-likeness (QED) is 0.664. The van der Waals surface area contributed by atoms with Crippen LogP contribution in [0.2, 0.25) is 0 Å². The van der Waals surface area contributed by atoms with Crippen LogP contribution in [0, 0.1) is 24.7 Å². The van der Waals surface area contributed by atoms with Crippen LogP contribution in [0.4, 0.5) is 0 Å². The van der Waals surface area contributed by atoms with Crippen molar-refractivity contribution in [3.05, 3.63) is 35.4 Å². The van der Waals surface area contributed by atoms with Crippen molar-refractivity contribution in [2.75, 3.05) is 6.54 Å². The molecule has 2 amide bonds. The molecule has 4 unspecified atom stereocenters. The second-order valence-electron chi connectivity index (χ2n) is 10.3. The maximum absolute atomic E-state index is 13.5. The van der Waals surface area contributed by atoms with Crippen molar-refractivity contribution in [3.63, 3.8) is 0 Å². The number of hydrogen-bond donors (Lipinski definition) is 2. The fraction of sp³-hybridized carbons (Fsp3) is 0.640. The van der Waals surface area contributed by atoms with Gasteiger partial charge in [-0.05, 0) is 51.5 Å². The van der Waals surface area contributed by atoms with E-state index in [2.05, 4.69) is 65.8 Å². The van der Waals surface area contributed by atoms with Gasteiger partial charge in [0.15, 0.2) is 11.5 Å². The van der Waals surface area contributed by atoms with Crippen LogP contribution in [0.25, 0.3) is 0 Å². The molecule has 4 atom stereocenters. The number of fused-ring (bicyclic) bond motifs is 3. The number of aryl methyl sites for hydroxylation is 1. The van der Waals surface area contributed by atoms with Crippen molar-refractivity contribution >= 4 is 28.7 Å². The average Bonchev–Trinajstić information content (AvgIpc) is 3.18. The molecule has 1 aliphatic carbocycles. The normalized spacial score (nSPS) is 26.8. The van der Waals surface area contributed by atoms with E-state index in [-0.39, 0.29) is 42.0 Å². The maximum Gasteiger partial charge on any atom is 0.230 e. The predicted octanol–water partition coefficient (Wildman–Crippen LogP) is 3.50. The van der Waals surface area contributed by atoms with Gasteiger partial charge in [0, 0.05) is 30.3 Å². The highest BCUT2D eigenvalue weighted by Crippen LogP contribution is 2.41. The van der Waals surface area contributed by atoms with Crippen molar-refractivity contribution in [2.24, 2.45) is 22.9 Å². The van der Waals surface area contributed by atoms with Crippen molar-refractivity contribution in [3.8, 4) is 0 Å². The lowest BCUT2D eigenvalue weighted by Gasteiger charge is -2.51. The Bertz CT molecular complexity index is 918. The number of amides is 2. The molecule has 2 N–H and O–H groups in total. The van der Waals surface area contributed by atoms with Crippen LogP contribution in [0.5, 0.6) is 0 Å². The van der Waals surface area contributed by atoms with Gasteiger partial charge in [0.05, 0.1) is 5.92 Å². The number of nitrogens with one attached hydrogen (secondary N) is 2. The third-order valence-electron chi connectivity index (χ3n) is 6.64. The minimum absolute atomic E-state index is 0.0127. The highest BCUT2D eigenvalue weighted by Gasteiger charge is 2.53. The fourth-order valence-electron chi connectivity index (χ4n) is 5.24. The molecule has 8 heteroatoms. The summed E-state index contributed by atoms with van der Waals surface area (Å²) in [5.41, 5.74) is 5.75. The SMILES string of the molecule is Cc1cccc(CSC2=NNC3N(CC(C)C)C(=O)C4CCC(C(=O)NC(C)C)CC4N23)c1. The Hall–Kier alpha value is -2.22. The molecular formula is C25H37N5O2S. The summed E-state index contributed by atoms with van der Waals surface area (Å²) in [6.45, 7) is 11.1. The monoisotopic (exact) mass is 471 g/mol. The van der Waals surface area contributed by atoms with Gasteiger partial charge in [-0.3, -0.25) is 15.0 Å². The first-order valence-corrected chi connectivity index (χ1v) is 13.1. The Kier molecular flexibility index (Phi) is 7.22. The fourth-order valence-corrected chi connectivity index (χ4v) is 6.21. The zero-order chi connectivity index (χ0) is 23.7. The highest BCUT2D eigenvalue weighted by molar-refractivity contribution is 8.13. The summed E-state index contributed by atoms with van der Waals surface area (Å²) in [5.74, 6) is 1.33. The Morgan fingerprint density at radius 2 is 2.06 bits per heavy atom. The second-order valence-corrected chi connectivity index (χ2v) is 11.3. The molecule has 3 aliphatic rings. The van der Waals surface area contributed by atoms with Gasteiger partial charge in [-0.1, -0.05) is 55.4 Å². The molecule has 0 radical (unpaired) electrons. The van der Waals surface area contributed by atoms with Gasteiger partial charge < -0.3 is 15.1 Å². The molecule has 33 heavy (non-hydrogen) atoms. The molecule has 0 aromatic heterocycles. The molecule has 2 aliphatic heterocycles. The minimum atomic E-state index is -0.270. The number of nitrogens with zero attached hydrogens (tertiary/aromatic N) is 3. The number of hydrogen-bond acceptors (Lipinski definition) is 6. The van der Waals surface area contributed by atoms with E-state index in [1.807, 2.05) is 18.7 Å². The average molecular weight is 472 g/mol. The third-order valence-corrected chi connectivity index (χ3v) is 7.68. The summed E-state index contributed by atoms with van der Waals surface area (Å²) < 4.78 is 0. The van der Waals surface area contributed by atoms with Gasteiger partial charge >= 0.3 is 0 Å². The van der Waals surface area contributed by atoms with E-state index in [1.165, 1.54) is 11.1 Å². The number of carbonyl (C=O) groups excluding carboxylic acids is 2. The third kappa shape index (κ3) is 5.15. The summed E-state index contributed by atoms with van der Waals surface area (Å²) in [4.78, 5) is 30.6. The Morgan fingerprint density at radius 3 is 2.76 bits per heavy atom. The molecule has 4 rings (SSSR count). The van der Waals surface area contributed by atoms with Crippen LogP contribution in [-0.4, -0.2) is 51.7 Å². The number of carbonyl (C=O) groups is 2. The van der Waals surface area contributed by atoms with Crippen molar-refractivity contribution < 1.29 is 9.59 Å².